The van der Waals surface area contributed by atoms with E-state index >= 15 is 0 Å². The van der Waals surface area contributed by atoms with E-state index in [0.29, 0.717) is 10.6 Å². The zero-order valence-corrected chi connectivity index (χ0v) is 9.56. The molecule has 1 aromatic heterocycles. The normalized spacial score (nSPS) is 11.8. The number of hydrogen-bond acceptors (Lipinski definition) is 1. The maximum atomic E-state index is 12.5. The van der Waals surface area contributed by atoms with Crippen LogP contribution >= 0.6 is 11.6 Å². The summed E-state index contributed by atoms with van der Waals surface area (Å²) in [5, 5.41) is 0.449. The molecule has 0 bridgehead atoms. The van der Waals surface area contributed by atoms with E-state index in [-0.39, 0.29) is 11.3 Å². The zero-order valence-electron chi connectivity index (χ0n) is 8.81. The number of halogens is 4. The molecule has 0 saturated carbocycles. The van der Waals surface area contributed by atoms with Gasteiger partial charge in [-0.1, -0.05) is 23.7 Å². The molecule has 0 amide bonds. The first-order valence-electron chi connectivity index (χ1n) is 4.81. The van der Waals surface area contributed by atoms with Gasteiger partial charge in [0.2, 0.25) is 5.76 Å². The molecule has 0 N–H and O–H groups in total. The molecule has 0 aliphatic heterocycles. The molecule has 2 aromatic rings. The van der Waals surface area contributed by atoms with Gasteiger partial charge >= 0.3 is 6.18 Å². The summed E-state index contributed by atoms with van der Waals surface area (Å²) in [6, 6.07) is 7.85. The lowest BCUT2D eigenvalue weighted by Crippen LogP contribution is -2.04. The van der Waals surface area contributed by atoms with E-state index in [1.54, 1.807) is 24.3 Å². The highest BCUT2D eigenvalue weighted by Gasteiger charge is 2.37. The van der Waals surface area contributed by atoms with Crippen LogP contribution in [0.3, 0.4) is 0 Å². The van der Waals surface area contributed by atoms with Gasteiger partial charge in [0.15, 0.2) is 0 Å². The number of aryl methyl sites for hydroxylation is 1. The third kappa shape index (κ3) is 2.47. The van der Waals surface area contributed by atoms with Crippen molar-refractivity contribution >= 4 is 11.6 Å². The van der Waals surface area contributed by atoms with Gasteiger partial charge in [0, 0.05) is 16.1 Å². The van der Waals surface area contributed by atoms with Gasteiger partial charge in [-0.2, -0.15) is 13.2 Å². The standard InChI is InChI=1S/C12H8ClF3O/c1-7-5-10(17-11(7)12(14,15)16)8-3-2-4-9(13)6-8/h2-6H,1H3. The van der Waals surface area contributed by atoms with E-state index in [0.717, 1.165) is 0 Å². The Balaban J connectivity index is 2.49. The molecule has 90 valence electrons. The summed E-state index contributed by atoms with van der Waals surface area (Å²) in [5.41, 5.74) is 0.587. The fraction of sp³-hybridized carbons (Fsp3) is 0.167. The van der Waals surface area contributed by atoms with E-state index in [4.69, 9.17) is 16.0 Å². The summed E-state index contributed by atoms with van der Waals surface area (Å²) >= 11 is 5.77. The maximum Gasteiger partial charge on any atom is 0.449 e. The van der Waals surface area contributed by atoms with Gasteiger partial charge in [-0.15, -0.1) is 0 Å². The van der Waals surface area contributed by atoms with Crippen LogP contribution in [0.1, 0.15) is 11.3 Å². The summed E-state index contributed by atoms with van der Waals surface area (Å²) in [6.07, 6.45) is -4.47. The molecular formula is C12H8ClF3O. The van der Waals surface area contributed by atoms with E-state index < -0.39 is 11.9 Å². The van der Waals surface area contributed by atoms with Crippen molar-refractivity contribution in [3.05, 3.63) is 46.7 Å². The van der Waals surface area contributed by atoms with Gasteiger partial charge < -0.3 is 4.42 Å². The van der Waals surface area contributed by atoms with Crippen LogP contribution in [0.15, 0.2) is 34.7 Å². The Morgan fingerprint density at radius 2 is 1.88 bits per heavy atom. The molecule has 1 nitrogen and oxygen atoms in total. The van der Waals surface area contributed by atoms with Crippen molar-refractivity contribution in [3.63, 3.8) is 0 Å². The summed E-state index contributed by atoms with van der Waals surface area (Å²) in [4.78, 5) is 0. The quantitative estimate of drug-likeness (QED) is 0.709. The van der Waals surface area contributed by atoms with Crippen LogP contribution in [0.2, 0.25) is 5.02 Å². The van der Waals surface area contributed by atoms with E-state index in [1.165, 1.54) is 13.0 Å². The fourth-order valence-corrected chi connectivity index (χ4v) is 1.74. The lowest BCUT2D eigenvalue weighted by Gasteiger charge is -2.03. The second-order valence-electron chi connectivity index (χ2n) is 3.63. The smallest absolute Gasteiger partial charge is 0.449 e. The van der Waals surface area contributed by atoms with Crippen molar-refractivity contribution in [2.45, 2.75) is 13.1 Å². The molecule has 0 aliphatic rings. The van der Waals surface area contributed by atoms with Crippen LogP contribution in [-0.2, 0) is 6.18 Å². The number of furan rings is 1. The number of hydrogen-bond donors (Lipinski definition) is 0. The third-order valence-corrected chi connectivity index (χ3v) is 2.52. The SMILES string of the molecule is Cc1cc(-c2cccc(Cl)c2)oc1C(F)(F)F. The van der Waals surface area contributed by atoms with Crippen LogP contribution in [0.5, 0.6) is 0 Å². The fourth-order valence-electron chi connectivity index (χ4n) is 1.55. The van der Waals surface area contributed by atoms with E-state index in [1.807, 2.05) is 0 Å². The van der Waals surface area contributed by atoms with Crippen LogP contribution in [-0.4, -0.2) is 0 Å². The molecule has 1 heterocycles. The monoisotopic (exact) mass is 260 g/mol. The highest BCUT2D eigenvalue weighted by molar-refractivity contribution is 6.30. The molecule has 5 heteroatoms. The molecule has 0 saturated heterocycles. The van der Waals surface area contributed by atoms with E-state index in [2.05, 4.69) is 0 Å². The van der Waals surface area contributed by atoms with Crippen LogP contribution in [0.25, 0.3) is 11.3 Å². The van der Waals surface area contributed by atoms with Crippen molar-refractivity contribution < 1.29 is 17.6 Å². The Labute approximate surface area is 101 Å². The van der Waals surface area contributed by atoms with E-state index in [9.17, 15) is 13.2 Å². The summed E-state index contributed by atoms with van der Waals surface area (Å²) in [5.74, 6) is -0.801. The Morgan fingerprint density at radius 3 is 2.41 bits per heavy atom. The number of benzene rings is 1. The molecule has 1 aromatic carbocycles. The molecule has 0 aliphatic carbocycles. The Bertz CT molecular complexity index is 543. The van der Waals surface area contributed by atoms with Gasteiger partial charge in [-0.3, -0.25) is 0 Å². The molecule has 0 unspecified atom stereocenters. The topological polar surface area (TPSA) is 13.1 Å². The van der Waals surface area contributed by atoms with Crippen molar-refractivity contribution in [3.8, 4) is 11.3 Å². The maximum absolute atomic E-state index is 12.5. The molecule has 0 atom stereocenters. The predicted octanol–water partition coefficient (Wildman–Crippen LogP) is 4.93. The minimum atomic E-state index is -4.47. The zero-order chi connectivity index (χ0) is 12.6. The number of rotatable bonds is 1. The Morgan fingerprint density at radius 1 is 1.18 bits per heavy atom. The summed E-state index contributed by atoms with van der Waals surface area (Å²) < 4.78 is 42.4. The second-order valence-corrected chi connectivity index (χ2v) is 4.07. The Kier molecular flexibility index (Phi) is 2.91. The average Bonchev–Trinajstić information content (AvgIpc) is 2.60. The van der Waals surface area contributed by atoms with Gasteiger partial charge in [-0.05, 0) is 25.1 Å². The van der Waals surface area contributed by atoms with Crippen molar-refractivity contribution in [2.75, 3.05) is 0 Å². The lowest BCUT2D eigenvalue weighted by molar-refractivity contribution is -0.153. The molecule has 0 fully saturated rings. The van der Waals surface area contributed by atoms with Gasteiger partial charge in [-0.25, -0.2) is 0 Å². The highest BCUT2D eigenvalue weighted by Crippen LogP contribution is 2.37. The summed E-state index contributed by atoms with van der Waals surface area (Å²) in [7, 11) is 0. The second kappa shape index (κ2) is 4.11. The summed E-state index contributed by atoms with van der Waals surface area (Å²) in [6.45, 7) is 1.36. The number of alkyl halides is 3. The van der Waals surface area contributed by atoms with Gasteiger partial charge in [0.05, 0.1) is 0 Å². The van der Waals surface area contributed by atoms with Crippen LogP contribution < -0.4 is 0 Å². The first kappa shape index (κ1) is 12.0. The van der Waals surface area contributed by atoms with Crippen molar-refractivity contribution in [1.29, 1.82) is 0 Å². The molecule has 17 heavy (non-hydrogen) atoms. The molecule has 2 rings (SSSR count). The largest absolute Gasteiger partial charge is 0.451 e. The third-order valence-electron chi connectivity index (χ3n) is 2.28. The van der Waals surface area contributed by atoms with Crippen molar-refractivity contribution in [2.24, 2.45) is 0 Å². The minimum absolute atomic E-state index is 0.0625. The minimum Gasteiger partial charge on any atom is -0.451 e. The van der Waals surface area contributed by atoms with Crippen molar-refractivity contribution in [1.82, 2.24) is 0 Å². The highest BCUT2D eigenvalue weighted by atomic mass is 35.5. The van der Waals surface area contributed by atoms with Crippen LogP contribution in [0, 0.1) is 6.92 Å². The Hall–Kier alpha value is -1.42. The van der Waals surface area contributed by atoms with Crippen LogP contribution in [0.4, 0.5) is 13.2 Å². The first-order valence-corrected chi connectivity index (χ1v) is 5.19. The molecule has 0 radical (unpaired) electrons. The lowest BCUT2D eigenvalue weighted by atomic mass is 10.1. The van der Waals surface area contributed by atoms with Gasteiger partial charge in [0.25, 0.3) is 0 Å². The average molecular weight is 261 g/mol. The van der Waals surface area contributed by atoms with Gasteiger partial charge in [0.1, 0.15) is 5.76 Å². The predicted molar refractivity (Wildman–Crippen MR) is 58.9 cm³/mol. The molecular weight excluding hydrogens is 253 g/mol. The first-order chi connectivity index (χ1) is 7.88. The molecule has 0 spiro atoms.